The number of benzene rings is 2. The van der Waals surface area contributed by atoms with Gasteiger partial charge in [-0.1, -0.05) is 35.9 Å². The molecule has 0 saturated carbocycles. The van der Waals surface area contributed by atoms with Crippen molar-refractivity contribution in [3.05, 3.63) is 64.3 Å². The van der Waals surface area contributed by atoms with E-state index in [0.717, 1.165) is 11.1 Å². The number of nitrogens with one attached hydrogen (secondary N) is 2. The molecule has 0 unspecified atom stereocenters. The van der Waals surface area contributed by atoms with Crippen LogP contribution in [0, 0.1) is 0 Å². The molecule has 0 aliphatic carbocycles. The Morgan fingerprint density at radius 1 is 1.12 bits per heavy atom. The van der Waals surface area contributed by atoms with Crippen molar-refractivity contribution in [3.63, 3.8) is 0 Å². The number of hydrogen-bond acceptors (Lipinski definition) is 8. The highest BCUT2D eigenvalue weighted by atomic mass is 35.5. The molecular formula is C21H25Cl2N5O4. The average molecular weight is 482 g/mol. The third kappa shape index (κ3) is 7.01. The number of rotatable bonds is 11. The van der Waals surface area contributed by atoms with Crippen molar-refractivity contribution in [2.45, 2.75) is 20.1 Å². The summed E-state index contributed by atoms with van der Waals surface area (Å²) in [5, 5.41) is 13.4. The number of hydrogen-bond donors (Lipinski definition) is 3. The molecule has 172 valence electrons. The first kappa shape index (κ1) is 25.3. The van der Waals surface area contributed by atoms with E-state index < -0.39 is 5.91 Å². The summed E-state index contributed by atoms with van der Waals surface area (Å²) in [5.74, 6) is 0.845. The van der Waals surface area contributed by atoms with Crippen LogP contribution < -0.4 is 25.8 Å². The second-order valence-corrected chi connectivity index (χ2v) is 6.93. The van der Waals surface area contributed by atoms with Crippen molar-refractivity contribution in [1.82, 2.24) is 20.9 Å². The van der Waals surface area contributed by atoms with Crippen LogP contribution in [0.1, 0.15) is 28.5 Å². The quantitative estimate of drug-likeness (QED) is 0.356. The predicted octanol–water partition coefficient (Wildman–Crippen LogP) is 3.22. The number of ether oxygens (including phenoxy) is 2. The molecule has 0 spiro atoms. The summed E-state index contributed by atoms with van der Waals surface area (Å²) in [6.45, 7) is 4.32. The summed E-state index contributed by atoms with van der Waals surface area (Å²) in [7, 11) is 0. The number of halogens is 2. The van der Waals surface area contributed by atoms with Crippen molar-refractivity contribution >= 4 is 35.7 Å². The summed E-state index contributed by atoms with van der Waals surface area (Å²) in [6.07, 6.45) is 0. The molecule has 32 heavy (non-hydrogen) atoms. The van der Waals surface area contributed by atoms with E-state index in [-0.39, 0.29) is 23.9 Å². The number of nitrogen functional groups attached to an aromatic ring is 1. The maximum Gasteiger partial charge on any atom is 0.277 e. The molecule has 0 aliphatic heterocycles. The number of aromatic nitrogens is 2. The highest BCUT2D eigenvalue weighted by Crippen LogP contribution is 2.30. The first-order valence-electron chi connectivity index (χ1n) is 9.77. The smallest absolute Gasteiger partial charge is 0.277 e. The highest BCUT2D eigenvalue weighted by Gasteiger charge is 2.15. The van der Waals surface area contributed by atoms with Crippen LogP contribution in [0.25, 0.3) is 0 Å². The normalized spacial score (nSPS) is 10.3. The standard InChI is InChI=1S/C21H24ClN5O4.ClH/c1-2-29-18-11-14(7-8-17(18)30-13-15-5-3-4-6-16(15)22)12-24-9-10-25-21(28)19-20(23)27-31-26-19;/h3-8,11,24H,2,9-10,12-13H2,1H3,(H2,23,27)(H,25,28);1H. The summed E-state index contributed by atoms with van der Waals surface area (Å²) in [6, 6.07) is 13.3. The van der Waals surface area contributed by atoms with Crippen LogP contribution in [0.4, 0.5) is 5.82 Å². The summed E-state index contributed by atoms with van der Waals surface area (Å²) in [4.78, 5) is 11.9. The largest absolute Gasteiger partial charge is 0.490 e. The second-order valence-electron chi connectivity index (χ2n) is 6.52. The molecule has 2 aromatic carbocycles. The van der Waals surface area contributed by atoms with Crippen LogP contribution in [0.3, 0.4) is 0 Å². The lowest BCUT2D eigenvalue weighted by atomic mass is 10.2. The fourth-order valence-corrected chi connectivity index (χ4v) is 2.95. The SMILES string of the molecule is CCOc1cc(CNCCNC(=O)c2nonc2N)ccc1OCc1ccccc1Cl.Cl. The minimum atomic E-state index is -0.431. The lowest BCUT2D eigenvalue weighted by molar-refractivity contribution is 0.0944. The fraction of sp³-hybridized carbons (Fsp3) is 0.286. The molecule has 0 atom stereocenters. The third-order valence-corrected chi connectivity index (χ3v) is 4.66. The van der Waals surface area contributed by atoms with Crippen LogP contribution in [0.15, 0.2) is 47.1 Å². The predicted molar refractivity (Wildman–Crippen MR) is 123 cm³/mol. The van der Waals surface area contributed by atoms with Gasteiger partial charge in [0.15, 0.2) is 11.5 Å². The van der Waals surface area contributed by atoms with E-state index in [2.05, 4.69) is 25.6 Å². The van der Waals surface area contributed by atoms with Crippen LogP contribution in [-0.4, -0.2) is 35.9 Å². The van der Waals surface area contributed by atoms with Gasteiger partial charge >= 0.3 is 0 Å². The van der Waals surface area contributed by atoms with Gasteiger partial charge in [0.2, 0.25) is 11.5 Å². The zero-order valence-corrected chi connectivity index (χ0v) is 19.0. The third-order valence-electron chi connectivity index (χ3n) is 4.29. The lowest BCUT2D eigenvalue weighted by Gasteiger charge is -2.14. The van der Waals surface area contributed by atoms with Gasteiger partial charge in [0.1, 0.15) is 6.61 Å². The monoisotopic (exact) mass is 481 g/mol. The lowest BCUT2D eigenvalue weighted by Crippen LogP contribution is -2.32. The van der Waals surface area contributed by atoms with Crippen molar-refractivity contribution in [3.8, 4) is 11.5 Å². The Morgan fingerprint density at radius 3 is 2.66 bits per heavy atom. The van der Waals surface area contributed by atoms with Gasteiger partial charge in [0.25, 0.3) is 5.91 Å². The van der Waals surface area contributed by atoms with Gasteiger partial charge in [-0.05, 0) is 41.0 Å². The Morgan fingerprint density at radius 2 is 1.94 bits per heavy atom. The Hall–Kier alpha value is -3.01. The van der Waals surface area contributed by atoms with E-state index >= 15 is 0 Å². The van der Waals surface area contributed by atoms with Crippen molar-refractivity contribution in [2.24, 2.45) is 0 Å². The molecular weight excluding hydrogens is 457 g/mol. The van der Waals surface area contributed by atoms with Crippen LogP contribution in [0.5, 0.6) is 11.5 Å². The first-order valence-corrected chi connectivity index (χ1v) is 10.1. The molecule has 0 bridgehead atoms. The van der Waals surface area contributed by atoms with E-state index in [1.165, 1.54) is 0 Å². The maximum absolute atomic E-state index is 11.9. The maximum atomic E-state index is 11.9. The number of nitrogens with two attached hydrogens (primary N) is 1. The zero-order valence-electron chi connectivity index (χ0n) is 17.5. The molecule has 3 rings (SSSR count). The molecule has 1 aromatic heterocycles. The van der Waals surface area contributed by atoms with E-state index in [1.54, 1.807) is 0 Å². The highest BCUT2D eigenvalue weighted by molar-refractivity contribution is 6.31. The Balaban J connectivity index is 0.00000363. The number of anilines is 1. The van der Waals surface area contributed by atoms with E-state index in [4.69, 9.17) is 26.8 Å². The van der Waals surface area contributed by atoms with Gasteiger partial charge in [-0.25, -0.2) is 4.63 Å². The minimum absolute atomic E-state index is 0. The molecule has 1 heterocycles. The van der Waals surface area contributed by atoms with E-state index in [9.17, 15) is 4.79 Å². The minimum Gasteiger partial charge on any atom is -0.490 e. The molecule has 4 N–H and O–H groups in total. The summed E-state index contributed by atoms with van der Waals surface area (Å²) >= 11 is 6.19. The average Bonchev–Trinajstić information content (AvgIpc) is 3.20. The van der Waals surface area contributed by atoms with Crippen LogP contribution in [0.2, 0.25) is 5.02 Å². The summed E-state index contributed by atoms with van der Waals surface area (Å²) in [5.41, 5.74) is 7.39. The fourth-order valence-electron chi connectivity index (χ4n) is 2.75. The molecule has 0 saturated heterocycles. The van der Waals surface area contributed by atoms with E-state index in [0.29, 0.717) is 49.4 Å². The van der Waals surface area contributed by atoms with Gasteiger partial charge in [-0.3, -0.25) is 4.79 Å². The Labute approximate surface area is 197 Å². The number of nitrogens with zero attached hydrogens (tertiary/aromatic N) is 2. The van der Waals surface area contributed by atoms with Gasteiger partial charge in [0, 0.05) is 30.2 Å². The van der Waals surface area contributed by atoms with Gasteiger partial charge in [0.05, 0.1) is 6.61 Å². The summed E-state index contributed by atoms with van der Waals surface area (Å²) < 4.78 is 16.1. The molecule has 11 heteroatoms. The molecule has 0 radical (unpaired) electrons. The number of carbonyl (C=O) groups excluding carboxylic acids is 1. The first-order chi connectivity index (χ1) is 15.1. The Kier molecular flexibility index (Phi) is 10.1. The number of amides is 1. The molecule has 3 aromatic rings. The van der Waals surface area contributed by atoms with Crippen molar-refractivity contribution in [2.75, 3.05) is 25.4 Å². The Bertz CT molecular complexity index is 1020. The van der Waals surface area contributed by atoms with Gasteiger partial charge in [-0.2, -0.15) is 0 Å². The molecule has 1 amide bonds. The zero-order chi connectivity index (χ0) is 22.1. The van der Waals surface area contributed by atoms with Crippen molar-refractivity contribution in [1.29, 1.82) is 0 Å². The van der Waals surface area contributed by atoms with Crippen LogP contribution in [-0.2, 0) is 13.2 Å². The molecule has 9 nitrogen and oxygen atoms in total. The van der Waals surface area contributed by atoms with E-state index in [1.807, 2.05) is 49.4 Å². The second kappa shape index (κ2) is 12.7. The number of carbonyl (C=O) groups is 1. The van der Waals surface area contributed by atoms with Gasteiger partial charge < -0.3 is 25.8 Å². The topological polar surface area (TPSA) is 125 Å². The van der Waals surface area contributed by atoms with Crippen molar-refractivity contribution < 1.29 is 18.9 Å². The van der Waals surface area contributed by atoms with Gasteiger partial charge in [-0.15, -0.1) is 12.4 Å². The molecule has 0 aliphatic rings. The van der Waals surface area contributed by atoms with Crippen LogP contribution >= 0.6 is 24.0 Å². The molecule has 0 fully saturated rings.